The smallest absolute Gasteiger partial charge is 0.306 e. The van der Waals surface area contributed by atoms with Gasteiger partial charge in [0.2, 0.25) is 0 Å². The highest BCUT2D eigenvalue weighted by Gasteiger charge is 2.79. The van der Waals surface area contributed by atoms with Gasteiger partial charge < -0.3 is 5.32 Å². The molecule has 0 saturated heterocycles. The number of alkyl halides is 11. The summed E-state index contributed by atoms with van der Waals surface area (Å²) in [5.74, 6) is -18.5. The maximum Gasteiger partial charge on any atom is 0.462 e. The summed E-state index contributed by atoms with van der Waals surface area (Å²) in [7, 11) is 1.55. The molecule has 1 aromatic rings. The average Bonchev–Trinajstić information content (AvgIpc) is 2.54. The first-order valence-corrected chi connectivity index (χ1v) is 6.97. The van der Waals surface area contributed by atoms with E-state index in [0.29, 0.717) is 11.6 Å². The number of halogens is 11. The van der Waals surface area contributed by atoms with E-state index in [2.05, 4.69) is 4.74 Å². The van der Waals surface area contributed by atoms with Crippen molar-refractivity contribution in [1.82, 2.24) is 9.13 Å². The molecule has 0 fully saturated rings. The van der Waals surface area contributed by atoms with Gasteiger partial charge in [0, 0.05) is 20.2 Å². The van der Waals surface area contributed by atoms with Crippen LogP contribution in [0, 0.1) is 0 Å². The second kappa shape index (κ2) is 7.24. The predicted molar refractivity (Wildman–Crippen MR) is 72.5 cm³/mol. The quantitative estimate of drug-likeness (QED) is 0.673. The lowest BCUT2D eigenvalue weighted by molar-refractivity contribution is -0.472. The Bertz CT molecular complexity index is 947. The molecule has 0 aromatic carbocycles. The second-order valence-corrected chi connectivity index (χ2v) is 5.51. The van der Waals surface area contributed by atoms with Gasteiger partial charge in [0.25, 0.3) is 5.56 Å². The molecule has 1 rings (SSSR count). The van der Waals surface area contributed by atoms with Gasteiger partial charge in [0.1, 0.15) is 5.82 Å². The summed E-state index contributed by atoms with van der Waals surface area (Å²) in [6, 6.07) is 0.193. The number of carbonyl (C=O) groups excluding carboxylic acids is 1. The van der Waals surface area contributed by atoms with Crippen molar-refractivity contribution in [3.63, 3.8) is 0 Å². The van der Waals surface area contributed by atoms with E-state index in [9.17, 15) is 62.7 Å². The Morgan fingerprint density at radius 1 is 0.867 bits per heavy atom. The summed E-state index contributed by atoms with van der Waals surface area (Å²) in [5, 5.41) is 0.810. The van der Waals surface area contributed by atoms with Gasteiger partial charge in [-0.3, -0.25) is 23.5 Å². The molecule has 172 valence electrons. The maximum atomic E-state index is 14.1. The number of nitrogens with zero attached hydrogens (tertiary/aromatic N) is 2. The lowest BCUT2D eigenvalue weighted by Crippen LogP contribution is -2.62. The molecular weight excluding hydrogens is 459 g/mol. The highest BCUT2D eigenvalue weighted by Crippen LogP contribution is 2.51. The van der Waals surface area contributed by atoms with Crippen molar-refractivity contribution in [3.8, 4) is 0 Å². The fourth-order valence-corrected chi connectivity index (χ4v) is 1.69. The van der Waals surface area contributed by atoms with Crippen LogP contribution in [-0.2, 0) is 23.6 Å². The highest BCUT2D eigenvalue weighted by molar-refractivity contribution is 5.96. The molecule has 0 saturated carbocycles. The molecule has 1 atom stereocenters. The molecule has 1 amide bonds. The molecule has 0 aliphatic heterocycles. The molecule has 1 aromatic heterocycles. The number of anilines is 1. The third kappa shape index (κ3) is 4.12. The molecule has 0 aliphatic carbocycles. The van der Waals surface area contributed by atoms with Crippen LogP contribution in [0.4, 0.5) is 54.1 Å². The summed E-state index contributed by atoms with van der Waals surface area (Å²) in [5.41, 5.74) is -2.64. The van der Waals surface area contributed by atoms with Crippen molar-refractivity contribution in [2.24, 2.45) is 14.1 Å². The Morgan fingerprint density at radius 3 is 1.73 bits per heavy atom. The van der Waals surface area contributed by atoms with E-state index in [0.717, 1.165) is 12.4 Å². The molecule has 0 bridgehead atoms. The van der Waals surface area contributed by atoms with Crippen LogP contribution < -0.4 is 16.6 Å². The van der Waals surface area contributed by atoms with Gasteiger partial charge >= 0.3 is 41.8 Å². The summed E-state index contributed by atoms with van der Waals surface area (Å²) < 4.78 is 143. The van der Waals surface area contributed by atoms with Crippen molar-refractivity contribution in [1.29, 1.82) is 0 Å². The van der Waals surface area contributed by atoms with E-state index in [1.165, 1.54) is 0 Å². The fraction of sp³-hybridized carbons (Fsp3) is 0.583. The first kappa shape index (κ1) is 25.4. The van der Waals surface area contributed by atoms with E-state index in [-0.39, 0.29) is 10.6 Å². The number of hydrogen-bond donors (Lipinski definition) is 1. The summed E-state index contributed by atoms with van der Waals surface area (Å²) in [6.45, 7) is 0. The van der Waals surface area contributed by atoms with Crippen molar-refractivity contribution in [2.75, 3.05) is 5.32 Å². The first-order valence-electron chi connectivity index (χ1n) is 6.97. The largest absolute Gasteiger partial charge is 0.462 e. The topological polar surface area (TPSA) is 82.3 Å². The van der Waals surface area contributed by atoms with Gasteiger partial charge in [0.15, 0.2) is 0 Å². The minimum absolute atomic E-state index is 0.193. The average molecular weight is 467 g/mol. The molecule has 0 unspecified atom stereocenters. The molecule has 0 spiro atoms. The van der Waals surface area contributed by atoms with Crippen LogP contribution in [0.5, 0.6) is 0 Å². The third-order valence-electron chi connectivity index (χ3n) is 3.41. The number of ether oxygens (including phenoxy) is 1. The van der Waals surface area contributed by atoms with Crippen LogP contribution in [0.2, 0.25) is 0 Å². The highest BCUT2D eigenvalue weighted by atomic mass is 19.4. The van der Waals surface area contributed by atoms with Gasteiger partial charge in [-0.05, 0) is 0 Å². The van der Waals surface area contributed by atoms with Crippen molar-refractivity contribution < 1.29 is 57.8 Å². The minimum atomic E-state index is -7.35. The molecule has 18 heteroatoms. The molecular formula is C12H8F11N3O4. The second-order valence-electron chi connectivity index (χ2n) is 5.51. The van der Waals surface area contributed by atoms with Gasteiger partial charge in [-0.25, -0.2) is 4.79 Å². The maximum absolute atomic E-state index is 14.1. The number of amides is 1. The Morgan fingerprint density at radius 2 is 1.33 bits per heavy atom. The van der Waals surface area contributed by atoms with E-state index in [4.69, 9.17) is 0 Å². The first-order chi connectivity index (χ1) is 13.1. The van der Waals surface area contributed by atoms with Crippen LogP contribution in [0.3, 0.4) is 0 Å². The van der Waals surface area contributed by atoms with Crippen LogP contribution in [-0.4, -0.2) is 45.3 Å². The Balaban J connectivity index is 3.49. The molecule has 1 N–H and O–H groups in total. The number of nitrogens with one attached hydrogen (secondary N) is 1. The van der Waals surface area contributed by atoms with Crippen molar-refractivity contribution in [2.45, 2.75) is 30.2 Å². The van der Waals surface area contributed by atoms with Gasteiger partial charge in [0.05, 0.1) is 0 Å². The molecule has 1 heterocycles. The molecule has 30 heavy (non-hydrogen) atoms. The van der Waals surface area contributed by atoms with Crippen molar-refractivity contribution >= 4 is 11.7 Å². The van der Waals surface area contributed by atoms with E-state index < -0.39 is 53.2 Å². The molecule has 0 aliphatic rings. The van der Waals surface area contributed by atoms with E-state index in [1.54, 1.807) is 0 Å². The SMILES string of the molecule is Cn1c(NC(=O)[C@@](F)(OC(F)(F)C(F)(F)C(F)(F)F)C(F)(F)F)cc(=O)n(C)c1=O. The number of carbonyl (C=O) groups is 1. The third-order valence-corrected chi connectivity index (χ3v) is 3.41. The lowest BCUT2D eigenvalue weighted by atomic mass is 10.2. The Hall–Kier alpha value is -2.66. The predicted octanol–water partition coefficient (Wildman–Crippen LogP) is 2.06. The van der Waals surface area contributed by atoms with Gasteiger partial charge in [-0.15, -0.1) is 0 Å². The Labute approximate surface area is 156 Å². The Kier molecular flexibility index (Phi) is 6.12. The number of hydrogen-bond acceptors (Lipinski definition) is 4. The van der Waals surface area contributed by atoms with E-state index >= 15 is 0 Å². The fourth-order valence-electron chi connectivity index (χ4n) is 1.69. The molecule has 0 radical (unpaired) electrons. The normalized spacial score (nSPS) is 15.6. The van der Waals surface area contributed by atoms with Gasteiger partial charge in [-0.1, -0.05) is 0 Å². The van der Waals surface area contributed by atoms with Crippen molar-refractivity contribution in [3.05, 3.63) is 26.9 Å². The van der Waals surface area contributed by atoms with E-state index in [1.807, 2.05) is 0 Å². The summed E-state index contributed by atoms with van der Waals surface area (Å²) in [4.78, 5) is 34.6. The van der Waals surface area contributed by atoms with Crippen LogP contribution >= 0.6 is 0 Å². The lowest BCUT2D eigenvalue weighted by Gasteiger charge is -2.34. The zero-order valence-electron chi connectivity index (χ0n) is 14.3. The van der Waals surface area contributed by atoms with Gasteiger partial charge in [-0.2, -0.15) is 48.3 Å². The number of rotatable bonds is 5. The number of aromatic nitrogens is 2. The van der Waals surface area contributed by atoms with Crippen LogP contribution in [0.25, 0.3) is 0 Å². The monoisotopic (exact) mass is 467 g/mol. The van der Waals surface area contributed by atoms with Crippen LogP contribution in [0.15, 0.2) is 15.7 Å². The summed E-state index contributed by atoms with van der Waals surface area (Å²) >= 11 is 0. The standard InChI is InChI=1S/C12H8F11N3O4/c1-25-4(3-5(27)26(2)7(25)29)24-6(28)8(13,10(16,17)18)30-12(22,23)9(14,15)11(19,20)21/h3H,1-2H3,(H,24,28)/t8-/m1/s1. The summed E-state index contributed by atoms with van der Waals surface area (Å²) in [6.07, 6.45) is -21.3. The zero-order valence-corrected chi connectivity index (χ0v) is 14.3. The zero-order chi connectivity index (χ0) is 24.1. The minimum Gasteiger partial charge on any atom is -0.306 e. The molecule has 7 nitrogen and oxygen atoms in total. The van der Waals surface area contributed by atoms with Crippen LogP contribution in [0.1, 0.15) is 0 Å².